The molecule has 0 N–H and O–H groups in total. The lowest BCUT2D eigenvalue weighted by molar-refractivity contribution is 0.0485. The molecule has 0 amide bonds. The summed E-state index contributed by atoms with van der Waals surface area (Å²) < 4.78 is 10.9. The van der Waals surface area contributed by atoms with Crippen molar-refractivity contribution in [1.82, 2.24) is 0 Å². The van der Waals surface area contributed by atoms with E-state index in [9.17, 15) is 19.2 Å². The van der Waals surface area contributed by atoms with E-state index in [1.807, 2.05) is 0 Å². The van der Waals surface area contributed by atoms with Gasteiger partial charge in [-0.25, -0.2) is 9.59 Å². The first-order chi connectivity index (χ1) is 17.4. The first-order valence-electron chi connectivity index (χ1n) is 11.1. The van der Waals surface area contributed by atoms with Gasteiger partial charge in [0.2, 0.25) is 5.78 Å². The highest BCUT2D eigenvalue weighted by Crippen LogP contribution is 2.41. The number of thiophene rings is 1. The van der Waals surface area contributed by atoms with Crippen LogP contribution in [0.25, 0.3) is 10.1 Å². The highest BCUT2D eigenvalue weighted by Gasteiger charge is 2.32. The lowest BCUT2D eigenvalue weighted by Gasteiger charge is -2.10. The highest BCUT2D eigenvalue weighted by molar-refractivity contribution is 7.74. The van der Waals surface area contributed by atoms with Gasteiger partial charge in [0.1, 0.15) is 8.70 Å². The second-order valence-electron chi connectivity index (χ2n) is 7.44. The van der Waals surface area contributed by atoms with Crippen LogP contribution in [-0.4, -0.2) is 36.7 Å². The van der Waals surface area contributed by atoms with E-state index >= 15 is 0 Å². The predicted molar refractivity (Wildman–Crippen MR) is 142 cm³/mol. The van der Waals surface area contributed by atoms with Crippen LogP contribution in [0, 0.1) is 3.82 Å². The molecule has 0 aliphatic carbocycles. The fourth-order valence-corrected chi connectivity index (χ4v) is 6.54. The average molecular weight is 537 g/mol. The number of esters is 2. The molecule has 0 unspecified atom stereocenters. The Labute approximate surface area is 220 Å². The molecule has 6 nitrogen and oxygen atoms in total. The van der Waals surface area contributed by atoms with Gasteiger partial charge in [0.05, 0.1) is 33.9 Å². The van der Waals surface area contributed by atoms with Crippen molar-refractivity contribution in [2.45, 2.75) is 13.8 Å². The maximum absolute atomic E-state index is 13.8. The van der Waals surface area contributed by atoms with Crippen LogP contribution in [0.2, 0.25) is 0 Å². The van der Waals surface area contributed by atoms with Gasteiger partial charge in [-0.15, -0.1) is 22.7 Å². The lowest BCUT2D eigenvalue weighted by atomic mass is 9.98. The largest absolute Gasteiger partial charge is 0.462 e. The Morgan fingerprint density at radius 3 is 1.78 bits per heavy atom. The van der Waals surface area contributed by atoms with Gasteiger partial charge in [0.15, 0.2) is 5.78 Å². The SMILES string of the molecule is CCOC(=O)c1sc2c(C(=O)c3ccccc3)c(C(=O)c3ccccc3)sc(=S)c2c1C(=O)OCC. The Morgan fingerprint density at radius 2 is 1.22 bits per heavy atom. The van der Waals surface area contributed by atoms with Crippen molar-refractivity contribution in [2.75, 3.05) is 13.2 Å². The maximum atomic E-state index is 13.8. The first kappa shape index (κ1) is 25.6. The number of hydrogen-bond donors (Lipinski definition) is 0. The van der Waals surface area contributed by atoms with Crippen LogP contribution in [0.3, 0.4) is 0 Å². The van der Waals surface area contributed by atoms with Crippen molar-refractivity contribution < 1.29 is 28.7 Å². The summed E-state index contributed by atoms with van der Waals surface area (Å²) in [5.41, 5.74) is 0.790. The molecule has 9 heteroatoms. The molecule has 0 atom stereocenters. The zero-order valence-corrected chi connectivity index (χ0v) is 21.8. The number of rotatable bonds is 8. The monoisotopic (exact) mass is 536 g/mol. The molecule has 4 aromatic rings. The summed E-state index contributed by atoms with van der Waals surface area (Å²) in [7, 11) is 0. The Balaban J connectivity index is 2.11. The van der Waals surface area contributed by atoms with Crippen LogP contribution < -0.4 is 0 Å². The molecular formula is C27H20O6S3. The zero-order valence-electron chi connectivity index (χ0n) is 19.4. The van der Waals surface area contributed by atoms with Gasteiger partial charge < -0.3 is 9.47 Å². The zero-order chi connectivity index (χ0) is 25.8. The molecule has 2 aromatic heterocycles. The Kier molecular flexibility index (Phi) is 7.83. The molecule has 0 aliphatic rings. The molecule has 182 valence electrons. The second-order valence-corrected chi connectivity index (χ2v) is 10.1. The summed E-state index contributed by atoms with van der Waals surface area (Å²) in [6, 6.07) is 17.1. The van der Waals surface area contributed by atoms with Crippen molar-refractivity contribution in [3.05, 3.63) is 96.5 Å². The topological polar surface area (TPSA) is 86.7 Å². The van der Waals surface area contributed by atoms with Gasteiger partial charge in [0, 0.05) is 16.5 Å². The van der Waals surface area contributed by atoms with Crippen LogP contribution in [-0.2, 0) is 9.47 Å². The minimum atomic E-state index is -0.745. The number of ether oxygens (including phenoxy) is 2. The molecule has 36 heavy (non-hydrogen) atoms. The van der Waals surface area contributed by atoms with E-state index in [1.165, 1.54) is 0 Å². The van der Waals surface area contributed by atoms with Crippen LogP contribution in [0.15, 0.2) is 60.7 Å². The van der Waals surface area contributed by atoms with Crippen molar-refractivity contribution in [1.29, 1.82) is 0 Å². The van der Waals surface area contributed by atoms with Gasteiger partial charge in [-0.2, -0.15) is 0 Å². The number of carbonyl (C=O) groups is 4. The quantitative estimate of drug-likeness (QED) is 0.144. The molecule has 0 bridgehead atoms. The molecule has 0 spiro atoms. The second kappa shape index (κ2) is 11.0. The average Bonchev–Trinajstić information content (AvgIpc) is 3.30. The Hall–Kier alpha value is -3.53. The number of benzene rings is 2. The fourth-order valence-electron chi connectivity index (χ4n) is 3.66. The van der Waals surface area contributed by atoms with Crippen molar-refractivity contribution in [3.63, 3.8) is 0 Å². The standard InChI is InChI=1S/C27H20O6S3/c1-3-32-25(30)17-18-22(35-24(17)26(31)33-4-2)19(20(28)15-11-7-5-8-12-15)23(36-27(18)34)21(29)16-13-9-6-10-14-16/h5-14H,3-4H2,1-2H3. The lowest BCUT2D eigenvalue weighted by Crippen LogP contribution is -2.12. The van der Waals surface area contributed by atoms with Gasteiger partial charge in [-0.3, -0.25) is 9.59 Å². The van der Waals surface area contributed by atoms with Crippen molar-refractivity contribution in [3.8, 4) is 0 Å². The van der Waals surface area contributed by atoms with Crippen molar-refractivity contribution in [2.24, 2.45) is 0 Å². The summed E-state index contributed by atoms with van der Waals surface area (Å²) in [6.45, 7) is 3.47. The number of hydrogen-bond acceptors (Lipinski definition) is 9. The van der Waals surface area contributed by atoms with E-state index in [1.54, 1.807) is 74.5 Å². The number of carbonyl (C=O) groups excluding carboxylic acids is 4. The van der Waals surface area contributed by atoms with Gasteiger partial charge >= 0.3 is 11.9 Å². The smallest absolute Gasteiger partial charge is 0.349 e. The fraction of sp³-hybridized carbons (Fsp3) is 0.148. The third-order valence-electron chi connectivity index (χ3n) is 5.21. The van der Waals surface area contributed by atoms with E-state index in [0.29, 0.717) is 11.1 Å². The molecule has 0 aliphatic heterocycles. The third-order valence-corrected chi connectivity index (χ3v) is 7.83. The van der Waals surface area contributed by atoms with Gasteiger partial charge in [0.25, 0.3) is 0 Å². The van der Waals surface area contributed by atoms with Crippen LogP contribution in [0.5, 0.6) is 0 Å². The molecule has 4 rings (SSSR count). The van der Waals surface area contributed by atoms with Crippen LogP contribution >= 0.6 is 34.9 Å². The molecule has 2 aromatic carbocycles. The molecule has 0 saturated carbocycles. The Bertz CT molecular complexity index is 1530. The molecule has 2 heterocycles. The third kappa shape index (κ3) is 4.77. The van der Waals surface area contributed by atoms with Crippen LogP contribution in [0.1, 0.15) is 65.0 Å². The first-order valence-corrected chi connectivity index (χ1v) is 13.1. The minimum absolute atomic E-state index is 0.0185. The van der Waals surface area contributed by atoms with E-state index in [0.717, 1.165) is 22.7 Å². The van der Waals surface area contributed by atoms with E-state index in [2.05, 4.69) is 0 Å². The summed E-state index contributed by atoms with van der Waals surface area (Å²) in [6.07, 6.45) is 0. The summed E-state index contributed by atoms with van der Waals surface area (Å²) in [5.74, 6) is -2.27. The summed E-state index contributed by atoms with van der Waals surface area (Å²) >= 11 is 7.48. The van der Waals surface area contributed by atoms with Crippen molar-refractivity contribution >= 4 is 68.5 Å². The molecule has 0 saturated heterocycles. The maximum Gasteiger partial charge on any atom is 0.349 e. The molecular weight excluding hydrogens is 516 g/mol. The van der Waals surface area contributed by atoms with Gasteiger partial charge in [-0.1, -0.05) is 72.9 Å². The summed E-state index contributed by atoms with van der Waals surface area (Å²) in [5, 5.41) is 0.241. The van der Waals surface area contributed by atoms with E-state index < -0.39 is 17.7 Å². The van der Waals surface area contributed by atoms with E-state index in [4.69, 9.17) is 21.7 Å². The highest BCUT2D eigenvalue weighted by atomic mass is 32.1. The van der Waals surface area contributed by atoms with Crippen LogP contribution in [0.4, 0.5) is 0 Å². The summed E-state index contributed by atoms with van der Waals surface area (Å²) in [4.78, 5) is 53.4. The molecule has 0 fully saturated rings. The molecule has 0 radical (unpaired) electrons. The Morgan fingerprint density at radius 1 is 0.694 bits per heavy atom. The number of fused-ring (bicyclic) bond motifs is 1. The predicted octanol–water partition coefficient (Wildman–Crippen LogP) is 6.51. The normalized spacial score (nSPS) is 10.7. The van der Waals surface area contributed by atoms with E-state index in [-0.39, 0.29) is 53.8 Å². The number of ketones is 2. The van der Waals surface area contributed by atoms with Gasteiger partial charge in [-0.05, 0) is 13.8 Å². The minimum Gasteiger partial charge on any atom is -0.462 e.